The van der Waals surface area contributed by atoms with Gasteiger partial charge in [-0.15, -0.1) is 0 Å². The number of aliphatic hydroxyl groups excluding tert-OH is 2. The van der Waals surface area contributed by atoms with Crippen LogP contribution in [-0.2, 0) is 4.79 Å². The molecule has 0 radical (unpaired) electrons. The molecule has 0 aliphatic carbocycles. The zero-order valence-corrected chi connectivity index (χ0v) is 41.9. The molecule has 4 nitrogen and oxygen atoms in total. The summed E-state index contributed by atoms with van der Waals surface area (Å²) in [7, 11) is 0. The minimum atomic E-state index is -0.871. The van der Waals surface area contributed by atoms with Crippen LogP contribution in [0, 0.1) is 0 Å². The zero-order valence-electron chi connectivity index (χ0n) is 41.9. The minimum absolute atomic E-state index is 0.0864. The molecule has 0 saturated heterocycles. The highest BCUT2D eigenvalue weighted by molar-refractivity contribution is 5.76. The number of hydrogen-bond donors (Lipinski definition) is 3. The van der Waals surface area contributed by atoms with Crippen molar-refractivity contribution in [2.45, 2.75) is 225 Å². The Bertz CT molecular complexity index is 1380. The highest BCUT2D eigenvalue weighted by Gasteiger charge is 2.17. The highest BCUT2D eigenvalue weighted by Crippen LogP contribution is 2.13. The fraction of sp³-hybridized carbons (Fsp3) is 0.590. The van der Waals surface area contributed by atoms with Crippen molar-refractivity contribution in [3.8, 4) is 0 Å². The molecular formula is C61H99NO3. The number of carbonyl (C=O) groups excluding carboxylic acids is 1. The van der Waals surface area contributed by atoms with Gasteiger partial charge in [-0.2, -0.15) is 0 Å². The van der Waals surface area contributed by atoms with Crippen LogP contribution in [0.25, 0.3) is 0 Å². The van der Waals surface area contributed by atoms with Crippen molar-refractivity contribution in [2.75, 3.05) is 6.61 Å². The van der Waals surface area contributed by atoms with Crippen LogP contribution in [-0.4, -0.2) is 34.9 Å². The molecular weight excluding hydrogens is 795 g/mol. The van der Waals surface area contributed by atoms with Crippen LogP contribution in [0.4, 0.5) is 0 Å². The van der Waals surface area contributed by atoms with Crippen molar-refractivity contribution >= 4 is 5.91 Å². The summed E-state index contributed by atoms with van der Waals surface area (Å²) in [5, 5.41) is 23.0. The number of aliphatic hydroxyl groups is 2. The van der Waals surface area contributed by atoms with E-state index in [1.54, 1.807) is 6.08 Å². The Balaban J connectivity index is 3.63. The third-order valence-corrected chi connectivity index (χ3v) is 11.1. The van der Waals surface area contributed by atoms with Crippen molar-refractivity contribution in [2.24, 2.45) is 0 Å². The molecule has 0 bridgehead atoms. The summed E-state index contributed by atoms with van der Waals surface area (Å²) in [6.45, 7) is 4.15. The second-order valence-electron chi connectivity index (χ2n) is 17.2. The number of amides is 1. The fourth-order valence-corrected chi connectivity index (χ4v) is 7.04. The molecule has 0 spiro atoms. The molecule has 0 fully saturated rings. The van der Waals surface area contributed by atoms with Crippen molar-refractivity contribution < 1.29 is 15.0 Å². The predicted molar refractivity (Wildman–Crippen MR) is 289 cm³/mol. The molecule has 0 heterocycles. The first kappa shape index (κ1) is 61.3. The quantitative estimate of drug-likeness (QED) is 0.0421. The predicted octanol–water partition coefficient (Wildman–Crippen LogP) is 17.6. The van der Waals surface area contributed by atoms with Gasteiger partial charge in [-0.05, 0) is 109 Å². The number of allylic oxidation sites excluding steroid dienone is 23. The molecule has 0 aliphatic heterocycles. The Morgan fingerprint density at radius 3 is 1.08 bits per heavy atom. The Morgan fingerprint density at radius 2 is 0.692 bits per heavy atom. The summed E-state index contributed by atoms with van der Waals surface area (Å²) in [5.74, 6) is -0.0864. The topological polar surface area (TPSA) is 69.6 Å². The van der Waals surface area contributed by atoms with Crippen molar-refractivity contribution in [3.05, 3.63) is 146 Å². The molecule has 0 aromatic rings. The number of hydrogen-bond acceptors (Lipinski definition) is 3. The first-order chi connectivity index (χ1) is 32.2. The van der Waals surface area contributed by atoms with E-state index < -0.39 is 12.1 Å². The molecule has 0 saturated carbocycles. The maximum Gasteiger partial charge on any atom is 0.220 e. The molecule has 0 rings (SSSR count). The molecule has 366 valence electrons. The van der Waals surface area contributed by atoms with Crippen molar-refractivity contribution in [1.29, 1.82) is 0 Å². The van der Waals surface area contributed by atoms with Gasteiger partial charge in [0.25, 0.3) is 0 Å². The number of unbranched alkanes of at least 4 members (excludes halogenated alkanes) is 17. The molecule has 0 aromatic carbocycles. The lowest BCUT2D eigenvalue weighted by Crippen LogP contribution is -2.45. The van der Waals surface area contributed by atoms with Crippen LogP contribution in [0.1, 0.15) is 213 Å². The average Bonchev–Trinajstić information content (AvgIpc) is 3.31. The molecule has 2 unspecified atom stereocenters. The van der Waals surface area contributed by atoms with E-state index in [2.05, 4.69) is 153 Å². The summed E-state index contributed by atoms with van der Waals surface area (Å²) in [6, 6.07) is -0.649. The van der Waals surface area contributed by atoms with Crippen LogP contribution < -0.4 is 5.32 Å². The van der Waals surface area contributed by atoms with Crippen LogP contribution in [0.5, 0.6) is 0 Å². The largest absolute Gasteiger partial charge is 0.394 e. The number of nitrogens with one attached hydrogen (secondary N) is 1. The SMILES string of the molecule is CC/C=C\C/C=C\C/C=C\C/C=C\C/C=C\C/C=C\C/C=C\C/C=C\C/C=C\C/C=C\CCCCCCCCCCCCC(=O)NC(CO)C(O)/C=C/CC/C=C/CCCCCCCC. The second-order valence-corrected chi connectivity index (χ2v) is 17.2. The lowest BCUT2D eigenvalue weighted by Gasteiger charge is -2.19. The first-order valence-electron chi connectivity index (χ1n) is 26.5. The fourth-order valence-electron chi connectivity index (χ4n) is 7.04. The van der Waals surface area contributed by atoms with Crippen LogP contribution in [0.3, 0.4) is 0 Å². The summed E-state index contributed by atoms with van der Waals surface area (Å²) in [5.41, 5.74) is 0. The van der Waals surface area contributed by atoms with Gasteiger partial charge < -0.3 is 15.5 Å². The second kappa shape index (κ2) is 54.6. The lowest BCUT2D eigenvalue weighted by atomic mass is 10.0. The van der Waals surface area contributed by atoms with Crippen LogP contribution in [0.15, 0.2) is 146 Å². The Hall–Kier alpha value is -3.73. The van der Waals surface area contributed by atoms with Gasteiger partial charge in [-0.1, -0.05) is 243 Å². The van der Waals surface area contributed by atoms with E-state index in [0.717, 1.165) is 103 Å². The standard InChI is InChI=1S/C61H99NO3/c1-3-5-7-9-11-13-15-17-18-19-20-21-22-23-24-25-26-27-28-29-30-31-32-33-34-35-36-37-38-39-40-41-42-43-44-45-47-49-51-53-55-57-61(65)62-59(58-63)60(64)56-54-52-50-48-46-16-14-12-10-8-6-4-2/h5,7,11,13,17-18,20-21,23-24,26-27,29-30,32-33,35-36,38-39,46,48,54,56,59-60,63-64H,3-4,6,8-10,12,14-16,19,22,25,28,31,34,37,40-45,47,49-53,55,57-58H2,1-2H3,(H,62,65)/b7-5-,13-11-,18-17-,21-20-,24-23-,27-26-,30-29-,33-32-,36-35-,39-38-,48-46+,56-54+. The number of carbonyl (C=O) groups is 1. The molecule has 1 amide bonds. The molecule has 65 heavy (non-hydrogen) atoms. The highest BCUT2D eigenvalue weighted by atomic mass is 16.3. The van der Waals surface area contributed by atoms with E-state index in [-0.39, 0.29) is 12.5 Å². The lowest BCUT2D eigenvalue weighted by molar-refractivity contribution is -0.123. The van der Waals surface area contributed by atoms with Crippen molar-refractivity contribution in [3.63, 3.8) is 0 Å². The Kier molecular flexibility index (Phi) is 51.5. The minimum Gasteiger partial charge on any atom is -0.394 e. The van der Waals surface area contributed by atoms with Crippen LogP contribution >= 0.6 is 0 Å². The summed E-state index contributed by atoms with van der Waals surface area (Å²) < 4.78 is 0. The van der Waals surface area contributed by atoms with Gasteiger partial charge in [-0.25, -0.2) is 0 Å². The van der Waals surface area contributed by atoms with Gasteiger partial charge in [0.15, 0.2) is 0 Å². The third-order valence-electron chi connectivity index (χ3n) is 11.1. The molecule has 0 aromatic heterocycles. The maximum atomic E-state index is 12.4. The van der Waals surface area contributed by atoms with Gasteiger partial charge >= 0.3 is 0 Å². The van der Waals surface area contributed by atoms with E-state index in [0.29, 0.717) is 6.42 Å². The molecule has 2 atom stereocenters. The maximum absolute atomic E-state index is 12.4. The summed E-state index contributed by atoms with van der Waals surface area (Å²) in [6.07, 6.45) is 87.0. The Labute approximate surface area is 402 Å². The molecule has 0 aliphatic rings. The van der Waals surface area contributed by atoms with E-state index in [4.69, 9.17) is 0 Å². The van der Waals surface area contributed by atoms with Gasteiger partial charge in [-0.3, -0.25) is 4.79 Å². The van der Waals surface area contributed by atoms with E-state index >= 15 is 0 Å². The van der Waals surface area contributed by atoms with E-state index in [1.807, 2.05) is 6.08 Å². The third kappa shape index (κ3) is 51.1. The Morgan fingerprint density at radius 1 is 0.385 bits per heavy atom. The smallest absolute Gasteiger partial charge is 0.220 e. The van der Waals surface area contributed by atoms with Gasteiger partial charge in [0.2, 0.25) is 5.91 Å². The van der Waals surface area contributed by atoms with E-state index in [9.17, 15) is 15.0 Å². The van der Waals surface area contributed by atoms with Crippen LogP contribution in [0.2, 0.25) is 0 Å². The molecule has 3 N–H and O–H groups in total. The zero-order chi connectivity index (χ0) is 47.0. The summed E-state index contributed by atoms with van der Waals surface area (Å²) in [4.78, 5) is 12.4. The summed E-state index contributed by atoms with van der Waals surface area (Å²) >= 11 is 0. The van der Waals surface area contributed by atoms with Crippen molar-refractivity contribution in [1.82, 2.24) is 5.32 Å². The van der Waals surface area contributed by atoms with Gasteiger partial charge in [0, 0.05) is 6.42 Å². The van der Waals surface area contributed by atoms with Gasteiger partial charge in [0.05, 0.1) is 18.8 Å². The normalized spacial score (nSPS) is 14.1. The number of rotatable bonds is 46. The average molecular weight is 894 g/mol. The molecule has 4 heteroatoms. The van der Waals surface area contributed by atoms with Gasteiger partial charge in [0.1, 0.15) is 0 Å². The van der Waals surface area contributed by atoms with E-state index in [1.165, 1.54) is 89.9 Å². The first-order valence-corrected chi connectivity index (χ1v) is 26.5. The monoisotopic (exact) mass is 894 g/mol.